The van der Waals surface area contributed by atoms with E-state index in [9.17, 15) is 18.0 Å². The Morgan fingerprint density at radius 3 is 2.92 bits per heavy atom. The highest BCUT2D eigenvalue weighted by Gasteiger charge is 2.35. The topological polar surface area (TPSA) is 75.0 Å². The highest BCUT2D eigenvalue weighted by Crippen LogP contribution is 2.35. The molecule has 0 aliphatic carbocycles. The van der Waals surface area contributed by atoms with E-state index in [2.05, 4.69) is 10.3 Å². The Balaban J connectivity index is 2.02. The summed E-state index contributed by atoms with van der Waals surface area (Å²) >= 11 is 0.820. The molecule has 1 atom stereocenters. The molecule has 0 saturated carbocycles. The van der Waals surface area contributed by atoms with Gasteiger partial charge < -0.3 is 10.1 Å². The third-order valence-electron chi connectivity index (χ3n) is 3.42. The van der Waals surface area contributed by atoms with Crippen molar-refractivity contribution in [3.8, 4) is 6.07 Å². The molecule has 9 heteroatoms. The second kappa shape index (κ2) is 7.85. The van der Waals surface area contributed by atoms with Crippen molar-refractivity contribution in [3.05, 3.63) is 22.9 Å². The van der Waals surface area contributed by atoms with Gasteiger partial charge in [0.25, 0.3) is 0 Å². The maximum absolute atomic E-state index is 13.0. The molecule has 1 N–H and O–H groups in total. The van der Waals surface area contributed by atoms with Gasteiger partial charge in [-0.25, -0.2) is 4.98 Å². The number of carbonyl (C=O) groups excluding carboxylic acids is 1. The van der Waals surface area contributed by atoms with E-state index < -0.39 is 17.3 Å². The first kappa shape index (κ1) is 18.5. The fourth-order valence-electron chi connectivity index (χ4n) is 2.30. The minimum absolute atomic E-state index is 0.0115. The third kappa shape index (κ3) is 4.85. The van der Waals surface area contributed by atoms with Crippen LogP contribution < -0.4 is 5.32 Å². The van der Waals surface area contributed by atoms with Crippen molar-refractivity contribution in [1.29, 1.82) is 5.26 Å². The van der Waals surface area contributed by atoms with Gasteiger partial charge in [0.05, 0.1) is 23.0 Å². The number of nitrogens with one attached hydrogen (secondary N) is 1. The Bertz CT molecular complexity index is 653. The number of aromatic nitrogens is 1. The molecular weight excluding hydrogens is 343 g/mol. The van der Waals surface area contributed by atoms with Crippen molar-refractivity contribution >= 4 is 17.7 Å². The lowest BCUT2D eigenvalue weighted by Gasteiger charge is -2.13. The molecule has 1 amide bonds. The maximum Gasteiger partial charge on any atom is 0.417 e. The van der Waals surface area contributed by atoms with Gasteiger partial charge in [0.15, 0.2) is 0 Å². The predicted molar refractivity (Wildman–Crippen MR) is 81.4 cm³/mol. The number of carbonyl (C=O) groups is 1. The third-order valence-corrected chi connectivity index (χ3v) is 4.40. The minimum Gasteiger partial charge on any atom is -0.376 e. The lowest BCUT2D eigenvalue weighted by molar-refractivity contribution is -0.138. The summed E-state index contributed by atoms with van der Waals surface area (Å²) in [5.41, 5.74) is -1.44. The molecule has 0 bridgehead atoms. The number of halogens is 3. The Kier molecular flexibility index (Phi) is 6.07. The van der Waals surface area contributed by atoms with Gasteiger partial charge in [0, 0.05) is 18.8 Å². The summed E-state index contributed by atoms with van der Waals surface area (Å²) in [4.78, 5) is 15.8. The standard InChI is InChI=1S/C15H16F3N3O2S/c1-9-5-12(15(16,17)18)11(6-19)14(21-9)24-8-13(22)20-7-10-3-2-4-23-10/h5,10H,2-4,7-8H2,1H3,(H,20,22). The van der Waals surface area contributed by atoms with E-state index in [1.165, 1.54) is 6.92 Å². The lowest BCUT2D eigenvalue weighted by atomic mass is 10.1. The van der Waals surface area contributed by atoms with Gasteiger partial charge in [-0.1, -0.05) is 11.8 Å². The van der Waals surface area contributed by atoms with Gasteiger partial charge in [-0.05, 0) is 25.8 Å². The van der Waals surface area contributed by atoms with Crippen LogP contribution in [0.2, 0.25) is 0 Å². The van der Waals surface area contributed by atoms with Gasteiger partial charge in [-0.3, -0.25) is 4.79 Å². The average molecular weight is 359 g/mol. The summed E-state index contributed by atoms with van der Waals surface area (Å²) in [6, 6.07) is 2.38. The first-order valence-electron chi connectivity index (χ1n) is 7.31. The summed E-state index contributed by atoms with van der Waals surface area (Å²) in [5, 5.41) is 11.6. The lowest BCUT2D eigenvalue weighted by Crippen LogP contribution is -2.32. The number of aryl methyl sites for hydroxylation is 1. The molecular formula is C15H16F3N3O2S. The second-order valence-corrected chi connectivity index (χ2v) is 6.29. The van der Waals surface area contributed by atoms with Crippen LogP contribution in [0.15, 0.2) is 11.1 Å². The van der Waals surface area contributed by atoms with Crippen LogP contribution in [0.1, 0.15) is 29.7 Å². The smallest absolute Gasteiger partial charge is 0.376 e. The number of hydrogen-bond donors (Lipinski definition) is 1. The highest BCUT2D eigenvalue weighted by molar-refractivity contribution is 8.00. The monoisotopic (exact) mass is 359 g/mol. The zero-order chi connectivity index (χ0) is 17.7. The number of pyridine rings is 1. The predicted octanol–water partition coefficient (Wildman–Crippen LogP) is 2.67. The fraction of sp³-hybridized carbons (Fsp3) is 0.533. The zero-order valence-corrected chi connectivity index (χ0v) is 13.8. The molecule has 1 aromatic rings. The van der Waals surface area contributed by atoms with Gasteiger partial charge in [0.1, 0.15) is 11.1 Å². The van der Waals surface area contributed by atoms with E-state index in [1.807, 2.05) is 0 Å². The molecule has 1 fully saturated rings. The minimum atomic E-state index is -4.64. The van der Waals surface area contributed by atoms with Crippen LogP contribution in [0, 0.1) is 18.3 Å². The number of alkyl halides is 3. The number of hydrogen-bond acceptors (Lipinski definition) is 5. The van der Waals surface area contributed by atoms with Gasteiger partial charge in [-0.15, -0.1) is 0 Å². The average Bonchev–Trinajstić information content (AvgIpc) is 3.02. The number of ether oxygens (including phenoxy) is 1. The molecule has 1 aliphatic rings. The van der Waals surface area contributed by atoms with Crippen molar-refractivity contribution in [3.63, 3.8) is 0 Å². The van der Waals surface area contributed by atoms with E-state index in [4.69, 9.17) is 10.00 Å². The quantitative estimate of drug-likeness (QED) is 0.818. The first-order chi connectivity index (χ1) is 11.3. The van der Waals surface area contributed by atoms with Gasteiger partial charge in [0.2, 0.25) is 5.91 Å². The summed E-state index contributed by atoms with van der Waals surface area (Å²) in [6.45, 7) is 2.46. The van der Waals surface area contributed by atoms with Crippen LogP contribution in [0.25, 0.3) is 0 Å². The summed E-state index contributed by atoms with van der Waals surface area (Å²) in [6.07, 6.45) is -2.83. The molecule has 1 saturated heterocycles. The number of nitriles is 1. The van der Waals surface area contributed by atoms with Crippen LogP contribution in [-0.2, 0) is 15.7 Å². The van der Waals surface area contributed by atoms with Crippen molar-refractivity contribution < 1.29 is 22.7 Å². The van der Waals surface area contributed by atoms with Gasteiger partial charge in [-0.2, -0.15) is 18.4 Å². The Morgan fingerprint density at radius 1 is 1.58 bits per heavy atom. The molecule has 0 spiro atoms. The van der Waals surface area contributed by atoms with Crippen LogP contribution in [0.5, 0.6) is 0 Å². The molecule has 2 heterocycles. The first-order valence-corrected chi connectivity index (χ1v) is 8.30. The number of amides is 1. The molecule has 24 heavy (non-hydrogen) atoms. The molecule has 130 valence electrons. The summed E-state index contributed by atoms with van der Waals surface area (Å²) in [5.74, 6) is -0.453. The Labute approximate surface area is 141 Å². The molecule has 0 radical (unpaired) electrons. The van der Waals surface area contributed by atoms with E-state index >= 15 is 0 Å². The van der Waals surface area contributed by atoms with E-state index in [0.29, 0.717) is 13.2 Å². The molecule has 0 aromatic carbocycles. The Hall–Kier alpha value is -1.79. The molecule has 5 nitrogen and oxygen atoms in total. The van der Waals surface area contributed by atoms with E-state index in [1.54, 1.807) is 6.07 Å². The number of rotatable bonds is 5. The van der Waals surface area contributed by atoms with Crippen molar-refractivity contribution in [1.82, 2.24) is 10.3 Å². The van der Waals surface area contributed by atoms with Crippen LogP contribution >= 0.6 is 11.8 Å². The second-order valence-electron chi connectivity index (χ2n) is 5.33. The summed E-state index contributed by atoms with van der Waals surface area (Å²) in [7, 11) is 0. The molecule has 1 aliphatic heterocycles. The van der Waals surface area contributed by atoms with E-state index in [-0.39, 0.29) is 28.5 Å². The highest BCUT2D eigenvalue weighted by atomic mass is 32.2. The molecule has 1 aromatic heterocycles. The van der Waals surface area contributed by atoms with Crippen LogP contribution in [0.4, 0.5) is 13.2 Å². The zero-order valence-electron chi connectivity index (χ0n) is 12.9. The number of nitrogens with zero attached hydrogens (tertiary/aromatic N) is 2. The molecule has 2 rings (SSSR count). The maximum atomic E-state index is 13.0. The van der Waals surface area contributed by atoms with Crippen molar-refractivity contribution in [2.24, 2.45) is 0 Å². The SMILES string of the molecule is Cc1cc(C(F)(F)F)c(C#N)c(SCC(=O)NCC2CCCO2)n1. The Morgan fingerprint density at radius 2 is 2.33 bits per heavy atom. The molecule has 1 unspecified atom stereocenters. The number of thioether (sulfide) groups is 1. The normalized spacial score (nSPS) is 17.5. The largest absolute Gasteiger partial charge is 0.417 e. The van der Waals surface area contributed by atoms with Crippen molar-refractivity contribution in [2.75, 3.05) is 18.9 Å². The summed E-state index contributed by atoms with van der Waals surface area (Å²) < 4.78 is 44.4. The van der Waals surface area contributed by atoms with E-state index in [0.717, 1.165) is 30.7 Å². The van der Waals surface area contributed by atoms with Crippen LogP contribution in [0.3, 0.4) is 0 Å². The van der Waals surface area contributed by atoms with Crippen LogP contribution in [-0.4, -0.2) is 35.9 Å². The fourth-order valence-corrected chi connectivity index (χ4v) is 3.18. The van der Waals surface area contributed by atoms with Gasteiger partial charge >= 0.3 is 6.18 Å². The van der Waals surface area contributed by atoms with Crippen molar-refractivity contribution in [2.45, 2.75) is 37.1 Å².